The fourth-order valence-electron chi connectivity index (χ4n) is 2.99. The monoisotopic (exact) mass is 342 g/mol. The van der Waals surface area contributed by atoms with E-state index in [1.165, 1.54) is 12.1 Å². The zero-order chi connectivity index (χ0) is 17.6. The lowest BCUT2D eigenvalue weighted by atomic mass is 10.2. The Morgan fingerprint density at radius 3 is 2.76 bits per heavy atom. The molecule has 0 aliphatic carbocycles. The summed E-state index contributed by atoms with van der Waals surface area (Å²) in [5, 5.41) is 0. The van der Waals surface area contributed by atoms with Gasteiger partial charge in [0.25, 0.3) is 5.91 Å². The zero-order valence-corrected chi connectivity index (χ0v) is 14.4. The van der Waals surface area contributed by atoms with Crippen molar-refractivity contribution >= 4 is 12.0 Å². The van der Waals surface area contributed by atoms with Gasteiger partial charge in [0, 0.05) is 38.4 Å². The van der Waals surface area contributed by atoms with Gasteiger partial charge in [0.1, 0.15) is 11.5 Å². The van der Waals surface area contributed by atoms with Crippen molar-refractivity contribution in [2.75, 3.05) is 32.7 Å². The summed E-state index contributed by atoms with van der Waals surface area (Å²) in [4.78, 5) is 23.8. The van der Waals surface area contributed by atoms with E-state index in [4.69, 9.17) is 0 Å². The number of hydrogen-bond donors (Lipinski definition) is 1. The van der Waals surface area contributed by atoms with Crippen LogP contribution in [-0.4, -0.2) is 58.4 Å². The summed E-state index contributed by atoms with van der Waals surface area (Å²) in [5.41, 5.74) is 2.32. The lowest BCUT2D eigenvalue weighted by Crippen LogP contribution is -2.35. The van der Waals surface area contributed by atoms with E-state index in [-0.39, 0.29) is 11.7 Å². The van der Waals surface area contributed by atoms with Gasteiger partial charge in [-0.1, -0.05) is 24.3 Å². The zero-order valence-electron chi connectivity index (χ0n) is 14.4. The van der Waals surface area contributed by atoms with Gasteiger partial charge in [0.2, 0.25) is 0 Å². The number of imidazole rings is 1. The standard InChI is InChI=1S/C19H23FN4O/c1-15-18(22-14-21-15)19(25)24-11-3-10-23(12-13-24)9-2-4-16-5-7-17(20)8-6-16/h2,4-8,14H,3,9-13H2,1H3,(H,21,22)/b4-2+. The summed E-state index contributed by atoms with van der Waals surface area (Å²) in [6.45, 7) is 5.93. The van der Waals surface area contributed by atoms with E-state index in [2.05, 4.69) is 20.9 Å². The highest BCUT2D eigenvalue weighted by atomic mass is 19.1. The average Bonchev–Trinajstić information content (AvgIpc) is 2.90. The molecule has 0 unspecified atom stereocenters. The first-order chi connectivity index (χ1) is 12.1. The smallest absolute Gasteiger partial charge is 0.274 e. The van der Waals surface area contributed by atoms with Crippen LogP contribution in [0.4, 0.5) is 4.39 Å². The van der Waals surface area contributed by atoms with Gasteiger partial charge < -0.3 is 9.88 Å². The molecule has 2 aromatic rings. The minimum atomic E-state index is -0.221. The van der Waals surface area contributed by atoms with E-state index in [1.807, 2.05) is 17.9 Å². The quantitative estimate of drug-likeness (QED) is 0.929. The molecule has 1 aliphatic rings. The molecule has 0 radical (unpaired) electrons. The maximum absolute atomic E-state index is 12.9. The third kappa shape index (κ3) is 4.54. The maximum Gasteiger partial charge on any atom is 0.274 e. The second-order valence-electron chi connectivity index (χ2n) is 6.28. The second-order valence-corrected chi connectivity index (χ2v) is 6.28. The summed E-state index contributed by atoms with van der Waals surface area (Å²) >= 11 is 0. The van der Waals surface area contributed by atoms with Crippen molar-refractivity contribution in [1.29, 1.82) is 0 Å². The molecule has 0 atom stereocenters. The molecule has 5 nitrogen and oxygen atoms in total. The number of rotatable bonds is 4. The van der Waals surface area contributed by atoms with Crippen molar-refractivity contribution in [1.82, 2.24) is 19.8 Å². The molecular weight excluding hydrogens is 319 g/mol. The molecule has 1 aromatic heterocycles. The van der Waals surface area contributed by atoms with Gasteiger partial charge in [-0.2, -0.15) is 0 Å². The number of aromatic nitrogens is 2. The molecular formula is C19H23FN4O. The van der Waals surface area contributed by atoms with Gasteiger partial charge in [0.15, 0.2) is 0 Å². The van der Waals surface area contributed by atoms with Crippen LogP contribution in [-0.2, 0) is 0 Å². The van der Waals surface area contributed by atoms with Crippen LogP contribution in [0.15, 0.2) is 36.7 Å². The first-order valence-electron chi connectivity index (χ1n) is 8.57. The maximum atomic E-state index is 12.9. The Hall–Kier alpha value is -2.47. The van der Waals surface area contributed by atoms with Crippen molar-refractivity contribution in [3.05, 3.63) is 59.4 Å². The minimum Gasteiger partial charge on any atom is -0.348 e. The van der Waals surface area contributed by atoms with Crippen molar-refractivity contribution in [3.8, 4) is 0 Å². The molecule has 1 N–H and O–H groups in total. The van der Waals surface area contributed by atoms with Crippen LogP contribution < -0.4 is 0 Å². The fraction of sp³-hybridized carbons (Fsp3) is 0.368. The lowest BCUT2D eigenvalue weighted by Gasteiger charge is -2.20. The van der Waals surface area contributed by atoms with Gasteiger partial charge >= 0.3 is 0 Å². The molecule has 0 saturated carbocycles. The fourth-order valence-corrected chi connectivity index (χ4v) is 2.99. The molecule has 25 heavy (non-hydrogen) atoms. The molecule has 2 heterocycles. The molecule has 1 saturated heterocycles. The molecule has 1 aliphatic heterocycles. The second kappa shape index (κ2) is 8.07. The number of aryl methyl sites for hydroxylation is 1. The van der Waals surface area contributed by atoms with Crippen LogP contribution in [0.1, 0.15) is 28.2 Å². The number of nitrogens with one attached hydrogen (secondary N) is 1. The number of hydrogen-bond acceptors (Lipinski definition) is 3. The van der Waals surface area contributed by atoms with E-state index in [9.17, 15) is 9.18 Å². The third-order valence-corrected chi connectivity index (χ3v) is 4.45. The summed E-state index contributed by atoms with van der Waals surface area (Å²) in [6, 6.07) is 6.46. The Bertz CT molecular complexity index is 738. The third-order valence-electron chi connectivity index (χ3n) is 4.45. The summed E-state index contributed by atoms with van der Waals surface area (Å²) in [7, 11) is 0. The number of nitrogens with zero attached hydrogens (tertiary/aromatic N) is 3. The van der Waals surface area contributed by atoms with E-state index in [0.29, 0.717) is 12.2 Å². The molecule has 1 aromatic carbocycles. The van der Waals surface area contributed by atoms with E-state index < -0.39 is 0 Å². The number of carbonyl (C=O) groups is 1. The van der Waals surface area contributed by atoms with Crippen LogP contribution in [0.3, 0.4) is 0 Å². The van der Waals surface area contributed by atoms with Crippen molar-refractivity contribution in [2.24, 2.45) is 0 Å². The predicted octanol–water partition coefficient (Wildman–Crippen LogP) is 2.72. The van der Waals surface area contributed by atoms with Crippen molar-refractivity contribution in [3.63, 3.8) is 0 Å². The molecule has 1 amide bonds. The highest BCUT2D eigenvalue weighted by molar-refractivity contribution is 5.93. The van der Waals surface area contributed by atoms with Crippen LogP contribution in [0, 0.1) is 12.7 Å². The summed E-state index contributed by atoms with van der Waals surface area (Å²) < 4.78 is 12.9. The Labute approximate surface area is 147 Å². The number of amides is 1. The molecule has 1 fully saturated rings. The normalized spacial score (nSPS) is 16.3. The van der Waals surface area contributed by atoms with Gasteiger partial charge in [-0.15, -0.1) is 0 Å². The molecule has 0 spiro atoms. The van der Waals surface area contributed by atoms with Crippen molar-refractivity contribution in [2.45, 2.75) is 13.3 Å². The number of halogens is 1. The first-order valence-corrected chi connectivity index (χ1v) is 8.57. The Morgan fingerprint density at radius 1 is 1.24 bits per heavy atom. The van der Waals surface area contributed by atoms with E-state index in [1.54, 1.807) is 18.5 Å². The summed E-state index contributed by atoms with van der Waals surface area (Å²) in [6.07, 6.45) is 6.59. The SMILES string of the molecule is Cc1[nH]cnc1C(=O)N1CCCN(C/C=C/c2ccc(F)cc2)CC1. The Kier molecular flexibility index (Phi) is 5.60. The van der Waals surface area contributed by atoms with Gasteiger partial charge in [0.05, 0.1) is 6.33 Å². The topological polar surface area (TPSA) is 52.2 Å². The summed E-state index contributed by atoms with van der Waals surface area (Å²) in [5.74, 6) is -0.218. The molecule has 132 valence electrons. The number of aromatic amines is 1. The molecule has 6 heteroatoms. The van der Waals surface area contributed by atoms with Crippen LogP contribution in [0.5, 0.6) is 0 Å². The van der Waals surface area contributed by atoms with Crippen LogP contribution >= 0.6 is 0 Å². The highest BCUT2D eigenvalue weighted by Gasteiger charge is 2.22. The van der Waals surface area contributed by atoms with Gasteiger partial charge in [-0.3, -0.25) is 9.69 Å². The van der Waals surface area contributed by atoms with Crippen molar-refractivity contribution < 1.29 is 9.18 Å². The predicted molar refractivity (Wildman–Crippen MR) is 95.7 cm³/mol. The van der Waals surface area contributed by atoms with Gasteiger partial charge in [-0.25, -0.2) is 9.37 Å². The van der Waals surface area contributed by atoms with E-state index >= 15 is 0 Å². The Balaban J connectivity index is 1.52. The molecule has 3 rings (SSSR count). The Morgan fingerprint density at radius 2 is 2.04 bits per heavy atom. The lowest BCUT2D eigenvalue weighted by molar-refractivity contribution is 0.0756. The minimum absolute atomic E-state index is 0.00227. The molecule has 0 bridgehead atoms. The van der Waals surface area contributed by atoms with Crippen LogP contribution in [0.2, 0.25) is 0 Å². The van der Waals surface area contributed by atoms with Crippen LogP contribution in [0.25, 0.3) is 6.08 Å². The average molecular weight is 342 g/mol. The number of H-pyrrole nitrogens is 1. The highest BCUT2D eigenvalue weighted by Crippen LogP contribution is 2.10. The largest absolute Gasteiger partial charge is 0.348 e. The van der Waals surface area contributed by atoms with E-state index in [0.717, 1.165) is 43.9 Å². The number of benzene rings is 1. The first kappa shape index (κ1) is 17.4. The number of carbonyl (C=O) groups excluding carboxylic acids is 1. The van der Waals surface area contributed by atoms with Gasteiger partial charge in [-0.05, 0) is 31.0 Å².